The third kappa shape index (κ3) is 4.68. The molecule has 2 amide bonds. The van der Waals surface area contributed by atoms with Crippen LogP contribution in [-0.4, -0.2) is 30.9 Å². The van der Waals surface area contributed by atoms with Gasteiger partial charge in [-0.2, -0.15) is 0 Å². The van der Waals surface area contributed by atoms with Crippen molar-refractivity contribution in [2.75, 3.05) is 18.5 Å². The van der Waals surface area contributed by atoms with Gasteiger partial charge in [0.1, 0.15) is 4.88 Å². The van der Waals surface area contributed by atoms with Crippen molar-refractivity contribution in [3.63, 3.8) is 0 Å². The number of amides is 2. The van der Waals surface area contributed by atoms with E-state index in [9.17, 15) is 14.4 Å². The van der Waals surface area contributed by atoms with Crippen molar-refractivity contribution in [1.29, 1.82) is 0 Å². The number of thiophene rings is 1. The number of fused-ring (bicyclic) bond motifs is 1. The molecule has 1 aromatic heterocycles. The van der Waals surface area contributed by atoms with E-state index in [-0.39, 0.29) is 18.4 Å². The number of rotatable bonds is 6. The zero-order valence-corrected chi connectivity index (χ0v) is 16.5. The lowest BCUT2D eigenvalue weighted by Crippen LogP contribution is -2.32. The number of hydrogen-bond acceptors (Lipinski definition) is 5. The second kappa shape index (κ2) is 8.86. The first kappa shape index (κ1) is 19.9. The Morgan fingerprint density at radius 2 is 1.89 bits per heavy atom. The Hall–Kier alpha value is -2.90. The van der Waals surface area contributed by atoms with Gasteiger partial charge in [0, 0.05) is 10.4 Å². The molecule has 0 atom stereocenters. The van der Waals surface area contributed by atoms with Crippen molar-refractivity contribution in [3.05, 3.63) is 64.0 Å². The van der Waals surface area contributed by atoms with Crippen LogP contribution in [0, 0.1) is 0 Å². The standard InChI is InChI=1S/C20H17ClN2O4S/c1-2-27-20(26)17-10-12-9-13(7-8-16(12)28-17)23-18(24)11-22-19(25)14-5-3-4-6-15(14)21/h3-10H,2,11H2,1H3,(H,22,25)(H,23,24). The molecule has 0 aliphatic heterocycles. The molecule has 144 valence electrons. The largest absolute Gasteiger partial charge is 0.462 e. The summed E-state index contributed by atoms with van der Waals surface area (Å²) in [6.45, 7) is 1.87. The summed E-state index contributed by atoms with van der Waals surface area (Å²) in [5.74, 6) is -1.16. The second-order valence-electron chi connectivity index (χ2n) is 5.79. The highest BCUT2D eigenvalue weighted by Crippen LogP contribution is 2.28. The monoisotopic (exact) mass is 416 g/mol. The minimum Gasteiger partial charge on any atom is -0.462 e. The predicted molar refractivity (Wildman–Crippen MR) is 110 cm³/mol. The number of nitrogens with one attached hydrogen (secondary N) is 2. The molecule has 0 unspecified atom stereocenters. The van der Waals surface area contributed by atoms with Gasteiger partial charge in [0.05, 0.1) is 23.7 Å². The van der Waals surface area contributed by atoms with Crippen LogP contribution in [0.15, 0.2) is 48.5 Å². The van der Waals surface area contributed by atoms with Gasteiger partial charge >= 0.3 is 5.97 Å². The Labute approximate surface area is 170 Å². The number of esters is 1. The van der Waals surface area contributed by atoms with E-state index >= 15 is 0 Å². The summed E-state index contributed by atoms with van der Waals surface area (Å²) in [5, 5.41) is 6.40. The maximum Gasteiger partial charge on any atom is 0.348 e. The van der Waals surface area contributed by atoms with Gasteiger partial charge in [0.15, 0.2) is 0 Å². The smallest absolute Gasteiger partial charge is 0.348 e. The van der Waals surface area contributed by atoms with Gasteiger partial charge in [-0.3, -0.25) is 9.59 Å². The molecule has 0 saturated carbocycles. The molecule has 28 heavy (non-hydrogen) atoms. The van der Waals surface area contributed by atoms with E-state index in [4.69, 9.17) is 16.3 Å². The number of anilines is 1. The summed E-state index contributed by atoms with van der Waals surface area (Å²) in [6, 6.07) is 13.7. The minimum absolute atomic E-state index is 0.195. The lowest BCUT2D eigenvalue weighted by atomic mass is 10.2. The predicted octanol–water partition coefficient (Wildman–Crippen LogP) is 4.10. The van der Waals surface area contributed by atoms with Crippen LogP contribution in [0.4, 0.5) is 5.69 Å². The molecule has 8 heteroatoms. The van der Waals surface area contributed by atoms with Gasteiger partial charge in [-0.1, -0.05) is 23.7 Å². The Bertz CT molecular complexity index is 1050. The third-order valence-corrected chi connectivity index (χ3v) is 5.23. The molecule has 1 heterocycles. The van der Waals surface area contributed by atoms with Crippen LogP contribution in [0.5, 0.6) is 0 Å². The molecule has 2 N–H and O–H groups in total. The molecule has 0 aliphatic carbocycles. The van der Waals surface area contributed by atoms with Crippen molar-refractivity contribution in [2.45, 2.75) is 6.92 Å². The zero-order chi connectivity index (χ0) is 20.1. The fraction of sp³-hybridized carbons (Fsp3) is 0.150. The van der Waals surface area contributed by atoms with E-state index in [1.165, 1.54) is 11.3 Å². The Balaban J connectivity index is 1.62. The maximum absolute atomic E-state index is 12.1. The van der Waals surface area contributed by atoms with Crippen LogP contribution in [0.25, 0.3) is 10.1 Å². The normalized spacial score (nSPS) is 10.5. The van der Waals surface area contributed by atoms with Crippen molar-refractivity contribution >= 4 is 56.5 Å². The summed E-state index contributed by atoms with van der Waals surface area (Å²) in [6.07, 6.45) is 0. The molecule has 0 bridgehead atoms. The summed E-state index contributed by atoms with van der Waals surface area (Å²) >= 11 is 7.30. The van der Waals surface area contributed by atoms with Crippen molar-refractivity contribution in [1.82, 2.24) is 5.32 Å². The highest BCUT2D eigenvalue weighted by Gasteiger charge is 2.13. The molecule has 0 saturated heterocycles. The first-order valence-electron chi connectivity index (χ1n) is 8.51. The highest BCUT2D eigenvalue weighted by atomic mass is 35.5. The van der Waals surface area contributed by atoms with Crippen LogP contribution in [0.2, 0.25) is 5.02 Å². The average molecular weight is 417 g/mol. The Morgan fingerprint density at radius 1 is 1.11 bits per heavy atom. The Kier molecular flexibility index (Phi) is 6.28. The van der Waals surface area contributed by atoms with Gasteiger partial charge < -0.3 is 15.4 Å². The minimum atomic E-state index is -0.423. The summed E-state index contributed by atoms with van der Waals surface area (Å²) in [5.41, 5.74) is 0.876. The summed E-state index contributed by atoms with van der Waals surface area (Å²) < 4.78 is 5.91. The number of carbonyl (C=O) groups excluding carboxylic acids is 3. The molecule has 3 aromatic rings. The summed E-state index contributed by atoms with van der Waals surface area (Å²) in [7, 11) is 0. The molecule has 0 fully saturated rings. The number of carbonyl (C=O) groups is 3. The first-order chi connectivity index (χ1) is 13.5. The van der Waals surface area contributed by atoms with Crippen LogP contribution in [-0.2, 0) is 9.53 Å². The number of benzene rings is 2. The van der Waals surface area contributed by atoms with Gasteiger partial charge in [0.25, 0.3) is 5.91 Å². The molecular weight excluding hydrogens is 400 g/mol. The van der Waals surface area contributed by atoms with Crippen LogP contribution in [0.1, 0.15) is 27.0 Å². The summed E-state index contributed by atoms with van der Waals surface area (Å²) in [4.78, 5) is 36.6. The van der Waals surface area contributed by atoms with E-state index in [0.29, 0.717) is 27.8 Å². The van der Waals surface area contributed by atoms with E-state index < -0.39 is 5.91 Å². The lowest BCUT2D eigenvalue weighted by molar-refractivity contribution is -0.115. The quantitative estimate of drug-likeness (QED) is 0.592. The number of ether oxygens (including phenoxy) is 1. The van der Waals surface area contributed by atoms with Gasteiger partial charge in [-0.05, 0) is 48.7 Å². The van der Waals surface area contributed by atoms with E-state index in [1.54, 1.807) is 49.4 Å². The SMILES string of the molecule is CCOC(=O)c1cc2cc(NC(=O)CNC(=O)c3ccccc3Cl)ccc2s1. The molecule has 6 nitrogen and oxygen atoms in total. The Morgan fingerprint density at radius 3 is 2.64 bits per heavy atom. The molecule has 0 spiro atoms. The van der Waals surface area contributed by atoms with Gasteiger partial charge in [0.2, 0.25) is 5.91 Å². The number of halogens is 1. The van der Waals surface area contributed by atoms with Crippen molar-refractivity contribution in [2.24, 2.45) is 0 Å². The van der Waals surface area contributed by atoms with Gasteiger partial charge in [-0.25, -0.2) is 4.79 Å². The number of hydrogen-bond donors (Lipinski definition) is 2. The molecule has 0 aliphatic rings. The topological polar surface area (TPSA) is 84.5 Å². The molecule has 3 rings (SSSR count). The third-order valence-electron chi connectivity index (χ3n) is 3.80. The van der Waals surface area contributed by atoms with Crippen LogP contribution >= 0.6 is 22.9 Å². The fourth-order valence-electron chi connectivity index (χ4n) is 2.53. The second-order valence-corrected chi connectivity index (χ2v) is 7.29. The average Bonchev–Trinajstić information content (AvgIpc) is 3.10. The van der Waals surface area contributed by atoms with E-state index in [2.05, 4.69) is 10.6 Å². The highest BCUT2D eigenvalue weighted by molar-refractivity contribution is 7.20. The molecular formula is C20H17ClN2O4S. The fourth-order valence-corrected chi connectivity index (χ4v) is 3.69. The maximum atomic E-state index is 12.1. The van der Waals surface area contributed by atoms with Gasteiger partial charge in [-0.15, -0.1) is 11.3 Å². The van der Waals surface area contributed by atoms with Crippen molar-refractivity contribution < 1.29 is 19.1 Å². The van der Waals surface area contributed by atoms with Crippen LogP contribution in [0.3, 0.4) is 0 Å². The first-order valence-corrected chi connectivity index (χ1v) is 9.70. The molecule has 2 aromatic carbocycles. The van der Waals surface area contributed by atoms with Crippen LogP contribution < -0.4 is 10.6 Å². The lowest BCUT2D eigenvalue weighted by Gasteiger charge is -2.08. The van der Waals surface area contributed by atoms with E-state index in [1.807, 2.05) is 6.07 Å². The van der Waals surface area contributed by atoms with E-state index in [0.717, 1.165) is 10.1 Å². The zero-order valence-electron chi connectivity index (χ0n) is 15.0. The van der Waals surface area contributed by atoms with Crippen molar-refractivity contribution in [3.8, 4) is 0 Å². The molecule has 0 radical (unpaired) electrons.